The number of ketones is 1. The Bertz CT molecular complexity index is 1800. The van der Waals surface area contributed by atoms with Gasteiger partial charge in [0.2, 0.25) is 0 Å². The number of rotatable bonds is 5. The number of nitrogens with one attached hydrogen (secondary N) is 4. The fourth-order valence-corrected chi connectivity index (χ4v) is 6.89. The van der Waals surface area contributed by atoms with E-state index >= 15 is 0 Å². The van der Waals surface area contributed by atoms with E-state index in [0.717, 1.165) is 79.1 Å². The topological polar surface area (TPSA) is 114 Å². The summed E-state index contributed by atoms with van der Waals surface area (Å²) in [6, 6.07) is 0. The SMILES string of the molecule is C=Cc1c2[nH]c(c1C)C=C1NC(=C3CC(=O)c4c3[nH]c(c4C)C=c3[nH]c(c(C)c3CC)=C2)[C@H](CCC(=O)O)[C@H]1C. The summed E-state index contributed by atoms with van der Waals surface area (Å²) in [6.45, 7) is 14.6. The summed E-state index contributed by atoms with van der Waals surface area (Å²) in [6.07, 6.45) is 10.0. The Morgan fingerprint density at radius 2 is 1.75 bits per heavy atom. The molecule has 2 aliphatic heterocycles. The van der Waals surface area contributed by atoms with E-state index in [0.29, 0.717) is 12.8 Å². The Kier molecular flexibility index (Phi) is 6.13. The van der Waals surface area contributed by atoms with Gasteiger partial charge < -0.3 is 25.4 Å². The third kappa shape index (κ3) is 3.86. The predicted molar refractivity (Wildman–Crippen MR) is 159 cm³/mol. The van der Waals surface area contributed by atoms with E-state index < -0.39 is 5.97 Å². The van der Waals surface area contributed by atoms with Crippen molar-refractivity contribution in [1.29, 1.82) is 0 Å². The maximum absolute atomic E-state index is 13.4. The van der Waals surface area contributed by atoms with Gasteiger partial charge in [0.15, 0.2) is 5.78 Å². The standard InChI is InChI=1S/C33H36N4O3/c1-7-19-15(3)23-12-25-17(5)21(9-10-30(39)40)32(36-25)22-11-29(38)31-18(6)26(37-33(22)31)14-28-20(8-2)16(4)24(35-28)13-27(19)34-23/h7,12-14,17,21,34-37H,1,8-11H2,2-6H3,(H,39,40)/t17-,21-/m1/s1. The number of carboxylic acids is 1. The first kappa shape index (κ1) is 26.0. The van der Waals surface area contributed by atoms with Crippen LogP contribution in [0.3, 0.4) is 0 Å². The third-order valence-corrected chi connectivity index (χ3v) is 9.20. The Labute approximate surface area is 233 Å². The molecule has 5 N–H and O–H groups in total. The lowest BCUT2D eigenvalue weighted by Gasteiger charge is -2.16. The lowest BCUT2D eigenvalue weighted by molar-refractivity contribution is -0.137. The van der Waals surface area contributed by atoms with Gasteiger partial charge >= 0.3 is 5.97 Å². The van der Waals surface area contributed by atoms with E-state index in [1.165, 1.54) is 11.1 Å². The first-order valence-electron chi connectivity index (χ1n) is 14.1. The average molecular weight is 537 g/mol. The number of carbonyl (C=O) groups excluding carboxylic acids is 1. The number of hydrogen-bond acceptors (Lipinski definition) is 3. The molecule has 2 atom stereocenters. The number of aromatic amines is 3. The minimum atomic E-state index is -0.814. The molecule has 206 valence electrons. The summed E-state index contributed by atoms with van der Waals surface area (Å²) in [5.41, 5.74) is 13.0. The van der Waals surface area contributed by atoms with E-state index in [1.54, 1.807) is 0 Å². The van der Waals surface area contributed by atoms with E-state index in [-0.39, 0.29) is 24.0 Å². The zero-order chi connectivity index (χ0) is 28.5. The number of fused-ring (bicyclic) bond motifs is 7. The largest absolute Gasteiger partial charge is 0.481 e. The highest BCUT2D eigenvalue weighted by Crippen LogP contribution is 2.45. The normalized spacial score (nSPS) is 19.3. The van der Waals surface area contributed by atoms with Gasteiger partial charge in [-0.15, -0.1) is 0 Å². The van der Waals surface area contributed by atoms with Crippen LogP contribution in [0.5, 0.6) is 0 Å². The number of allylic oxidation sites excluding steroid dienone is 3. The molecule has 3 aromatic rings. The second-order valence-electron chi connectivity index (χ2n) is 11.4. The Morgan fingerprint density at radius 1 is 1.02 bits per heavy atom. The van der Waals surface area contributed by atoms with Crippen molar-refractivity contribution in [3.63, 3.8) is 0 Å². The molecule has 7 nitrogen and oxygen atoms in total. The van der Waals surface area contributed by atoms with Crippen molar-refractivity contribution in [3.05, 3.63) is 84.8 Å². The molecule has 1 aliphatic carbocycles. The van der Waals surface area contributed by atoms with Gasteiger partial charge in [-0.05, 0) is 74.1 Å². The number of Topliss-reactive ketones (excluding diaryl/α,β-unsaturated/α-hetero) is 1. The van der Waals surface area contributed by atoms with Gasteiger partial charge in [-0.25, -0.2) is 0 Å². The molecule has 0 amide bonds. The van der Waals surface area contributed by atoms with Crippen LogP contribution in [0.1, 0.15) is 94.1 Å². The van der Waals surface area contributed by atoms with Gasteiger partial charge in [-0.1, -0.05) is 26.5 Å². The summed E-state index contributed by atoms with van der Waals surface area (Å²) in [4.78, 5) is 35.8. The molecule has 0 unspecified atom stereocenters. The van der Waals surface area contributed by atoms with Gasteiger partial charge in [0.25, 0.3) is 0 Å². The van der Waals surface area contributed by atoms with Crippen LogP contribution >= 0.6 is 0 Å². The number of hydrogen-bond donors (Lipinski definition) is 5. The number of carboxylic acid groups (broad SMARTS) is 1. The highest BCUT2D eigenvalue weighted by atomic mass is 16.4. The second-order valence-corrected chi connectivity index (χ2v) is 11.4. The van der Waals surface area contributed by atoms with Crippen molar-refractivity contribution in [3.8, 4) is 0 Å². The van der Waals surface area contributed by atoms with Crippen LogP contribution in [0.25, 0.3) is 29.9 Å². The predicted octanol–water partition coefficient (Wildman–Crippen LogP) is 4.83. The van der Waals surface area contributed by atoms with Crippen LogP contribution in [0.2, 0.25) is 0 Å². The zero-order valence-electron chi connectivity index (χ0n) is 23.8. The van der Waals surface area contributed by atoms with Gasteiger partial charge in [0, 0.05) is 80.6 Å². The molecule has 3 aromatic heterocycles. The monoisotopic (exact) mass is 536 g/mol. The van der Waals surface area contributed by atoms with Gasteiger partial charge in [-0.3, -0.25) is 9.59 Å². The van der Waals surface area contributed by atoms with Crippen LogP contribution in [0.4, 0.5) is 0 Å². The van der Waals surface area contributed by atoms with E-state index in [2.05, 4.69) is 72.8 Å². The van der Waals surface area contributed by atoms with Gasteiger partial charge in [-0.2, -0.15) is 0 Å². The number of aromatic nitrogens is 3. The van der Waals surface area contributed by atoms with Crippen molar-refractivity contribution in [2.45, 2.75) is 60.3 Å². The summed E-state index contributed by atoms with van der Waals surface area (Å²) < 4.78 is 0. The molecule has 1 fully saturated rings. The van der Waals surface area contributed by atoms with Crippen LogP contribution in [0, 0.1) is 32.6 Å². The van der Waals surface area contributed by atoms with Crippen LogP contribution in [-0.4, -0.2) is 31.8 Å². The summed E-state index contributed by atoms with van der Waals surface area (Å²) in [5.74, 6) is -0.695. The first-order chi connectivity index (χ1) is 19.1. The molecule has 0 radical (unpaired) electrons. The number of carbonyl (C=O) groups is 2. The zero-order valence-corrected chi connectivity index (χ0v) is 23.8. The van der Waals surface area contributed by atoms with E-state index in [1.807, 2.05) is 13.0 Å². The smallest absolute Gasteiger partial charge is 0.303 e. The molecule has 6 rings (SSSR count). The lowest BCUT2D eigenvalue weighted by atomic mass is 9.86. The minimum absolute atomic E-state index is 0.0390. The quantitative estimate of drug-likeness (QED) is 0.321. The third-order valence-electron chi connectivity index (χ3n) is 9.20. The summed E-state index contributed by atoms with van der Waals surface area (Å²) in [5, 5.41) is 15.2. The van der Waals surface area contributed by atoms with Crippen molar-refractivity contribution in [1.82, 2.24) is 20.3 Å². The minimum Gasteiger partial charge on any atom is -0.481 e. The first-order valence-corrected chi connectivity index (χ1v) is 14.1. The number of aliphatic carboxylic acids is 1. The maximum Gasteiger partial charge on any atom is 0.303 e. The lowest BCUT2D eigenvalue weighted by Crippen LogP contribution is -2.13. The Balaban J connectivity index is 1.69. The molecule has 1 saturated heterocycles. The molecule has 7 heteroatoms. The van der Waals surface area contributed by atoms with Crippen molar-refractivity contribution >= 4 is 41.6 Å². The molecular weight excluding hydrogens is 500 g/mol. The summed E-state index contributed by atoms with van der Waals surface area (Å²) in [7, 11) is 0. The van der Waals surface area contributed by atoms with Crippen molar-refractivity contribution < 1.29 is 14.7 Å². The maximum atomic E-state index is 13.4. The fraction of sp³-hybridized carbons (Fsp3) is 0.333. The molecule has 3 aliphatic rings. The van der Waals surface area contributed by atoms with E-state index in [9.17, 15) is 14.7 Å². The molecular formula is C33H36N4O3. The fourth-order valence-electron chi connectivity index (χ4n) is 6.89. The Morgan fingerprint density at radius 3 is 2.45 bits per heavy atom. The van der Waals surface area contributed by atoms with E-state index in [4.69, 9.17) is 0 Å². The highest BCUT2D eigenvalue weighted by Gasteiger charge is 2.39. The Hall–Kier alpha value is -4.26. The molecule has 0 aromatic carbocycles. The molecule has 8 bridgehead atoms. The summed E-state index contributed by atoms with van der Waals surface area (Å²) >= 11 is 0. The molecule has 5 heterocycles. The average Bonchev–Trinajstić information content (AvgIpc) is 3.65. The molecule has 0 spiro atoms. The number of H-pyrrole nitrogens is 3. The van der Waals surface area contributed by atoms with Crippen LogP contribution < -0.4 is 16.0 Å². The van der Waals surface area contributed by atoms with Crippen LogP contribution in [-0.2, 0) is 11.2 Å². The van der Waals surface area contributed by atoms with Crippen molar-refractivity contribution in [2.75, 3.05) is 0 Å². The van der Waals surface area contributed by atoms with Gasteiger partial charge in [0.05, 0.1) is 5.69 Å². The molecule has 0 saturated carbocycles. The van der Waals surface area contributed by atoms with Gasteiger partial charge in [0.1, 0.15) is 0 Å². The van der Waals surface area contributed by atoms with Crippen LogP contribution in [0.15, 0.2) is 18.0 Å². The molecule has 40 heavy (non-hydrogen) atoms. The second kappa shape index (κ2) is 9.44. The van der Waals surface area contributed by atoms with Crippen molar-refractivity contribution in [2.24, 2.45) is 11.8 Å². The highest BCUT2D eigenvalue weighted by molar-refractivity contribution is 6.13.